The van der Waals surface area contributed by atoms with Crippen molar-refractivity contribution in [2.45, 2.75) is 39.2 Å². The molecule has 4 aromatic rings. The van der Waals surface area contributed by atoms with Gasteiger partial charge in [-0.1, -0.05) is 26.0 Å². The molecule has 7 nitrogen and oxygen atoms in total. The summed E-state index contributed by atoms with van der Waals surface area (Å²) in [6, 6.07) is 13.8. The maximum absolute atomic E-state index is 12.5. The molecule has 174 valence electrons. The molecule has 0 unspecified atom stereocenters. The highest BCUT2D eigenvalue weighted by molar-refractivity contribution is 6.00. The third kappa shape index (κ3) is 3.57. The van der Waals surface area contributed by atoms with Crippen LogP contribution in [0.1, 0.15) is 47.8 Å². The summed E-state index contributed by atoms with van der Waals surface area (Å²) in [5, 5.41) is 1.03. The van der Waals surface area contributed by atoms with Crippen molar-refractivity contribution in [1.82, 2.24) is 14.5 Å². The number of benzene rings is 2. The minimum atomic E-state index is -0.318. The van der Waals surface area contributed by atoms with E-state index in [0.29, 0.717) is 18.7 Å². The number of ether oxygens (including phenoxy) is 2. The van der Waals surface area contributed by atoms with Crippen molar-refractivity contribution in [3.8, 4) is 17.1 Å². The van der Waals surface area contributed by atoms with E-state index in [4.69, 9.17) is 15.2 Å². The van der Waals surface area contributed by atoms with Gasteiger partial charge in [-0.2, -0.15) is 0 Å². The number of carbonyl (C=O) groups is 1. The molecule has 0 spiro atoms. The Morgan fingerprint density at radius 1 is 1.18 bits per heavy atom. The van der Waals surface area contributed by atoms with Gasteiger partial charge in [0.15, 0.2) is 0 Å². The van der Waals surface area contributed by atoms with Crippen LogP contribution in [0.25, 0.3) is 22.3 Å². The van der Waals surface area contributed by atoms with Gasteiger partial charge in [0.05, 0.1) is 30.7 Å². The second kappa shape index (κ2) is 8.17. The summed E-state index contributed by atoms with van der Waals surface area (Å²) in [5.74, 6) is 0.744. The number of aromatic nitrogens is 3. The largest absolute Gasteiger partial charge is 0.497 e. The number of methoxy groups -OCH3 is 1. The third-order valence-corrected chi connectivity index (χ3v) is 6.49. The molecule has 0 saturated carbocycles. The van der Waals surface area contributed by atoms with E-state index >= 15 is 0 Å². The Kier molecular flexibility index (Phi) is 5.27. The molecule has 2 aromatic heterocycles. The lowest BCUT2D eigenvalue weighted by Crippen LogP contribution is -2.27. The summed E-state index contributed by atoms with van der Waals surface area (Å²) in [6.45, 7) is 7.23. The van der Waals surface area contributed by atoms with E-state index < -0.39 is 0 Å². The van der Waals surface area contributed by atoms with Gasteiger partial charge in [0.1, 0.15) is 5.75 Å². The second-order valence-corrected chi connectivity index (χ2v) is 9.27. The molecule has 0 saturated heterocycles. The third-order valence-electron chi connectivity index (χ3n) is 6.49. The molecule has 0 fully saturated rings. The summed E-state index contributed by atoms with van der Waals surface area (Å²) in [4.78, 5) is 21.5. The van der Waals surface area contributed by atoms with Crippen molar-refractivity contribution < 1.29 is 14.3 Å². The highest BCUT2D eigenvalue weighted by Crippen LogP contribution is 2.47. The summed E-state index contributed by atoms with van der Waals surface area (Å²) in [5.41, 5.74) is 12.6. The number of esters is 1. The van der Waals surface area contributed by atoms with Crippen molar-refractivity contribution in [3.63, 3.8) is 0 Å². The summed E-state index contributed by atoms with van der Waals surface area (Å²) < 4.78 is 12.9. The minimum absolute atomic E-state index is 0.196. The molecule has 0 aliphatic heterocycles. The second-order valence-electron chi connectivity index (χ2n) is 9.27. The number of hydrogen-bond acceptors (Lipinski definition) is 6. The van der Waals surface area contributed by atoms with E-state index in [-0.39, 0.29) is 17.3 Å². The molecule has 7 heteroatoms. The molecule has 0 bridgehead atoms. The van der Waals surface area contributed by atoms with Crippen LogP contribution in [-0.2, 0) is 23.1 Å². The van der Waals surface area contributed by atoms with Gasteiger partial charge in [-0.15, -0.1) is 0 Å². The first-order valence-corrected chi connectivity index (χ1v) is 11.4. The smallest absolute Gasteiger partial charge is 0.338 e. The van der Waals surface area contributed by atoms with Crippen LogP contribution >= 0.6 is 0 Å². The van der Waals surface area contributed by atoms with Crippen molar-refractivity contribution in [2.24, 2.45) is 0 Å². The zero-order valence-electron chi connectivity index (χ0n) is 19.9. The van der Waals surface area contributed by atoms with Crippen LogP contribution in [0.5, 0.6) is 5.75 Å². The molecular weight excluding hydrogens is 428 g/mol. The Morgan fingerprint density at radius 3 is 2.65 bits per heavy atom. The van der Waals surface area contributed by atoms with E-state index in [2.05, 4.69) is 40.5 Å². The SMILES string of the molecule is CCOC(=O)c1ccc2c(c1)c1c(n2Cc2ccc(OC)cc2)-c2nc(N)ncc2CC1(C)C. The number of anilines is 1. The topological polar surface area (TPSA) is 92.3 Å². The molecular formula is C27H28N4O3. The van der Waals surface area contributed by atoms with E-state index in [1.165, 1.54) is 0 Å². The van der Waals surface area contributed by atoms with Crippen LogP contribution in [0.3, 0.4) is 0 Å². The summed E-state index contributed by atoms with van der Waals surface area (Å²) in [6.07, 6.45) is 2.61. The van der Waals surface area contributed by atoms with Crippen molar-refractivity contribution in [1.29, 1.82) is 0 Å². The van der Waals surface area contributed by atoms with Gasteiger partial charge in [0, 0.05) is 23.6 Å². The fraction of sp³-hybridized carbons (Fsp3) is 0.296. The van der Waals surface area contributed by atoms with Crippen molar-refractivity contribution in [2.75, 3.05) is 19.5 Å². The Labute approximate surface area is 198 Å². The predicted octanol–water partition coefficient (Wildman–Crippen LogP) is 4.75. The van der Waals surface area contributed by atoms with E-state index in [1.807, 2.05) is 43.5 Å². The van der Waals surface area contributed by atoms with Gasteiger partial charge >= 0.3 is 5.97 Å². The number of nitrogen functional groups attached to an aromatic ring is 1. The number of fused-ring (bicyclic) bond motifs is 5. The fourth-order valence-electron chi connectivity index (χ4n) is 5.02. The van der Waals surface area contributed by atoms with E-state index in [9.17, 15) is 4.79 Å². The number of nitrogens with two attached hydrogens (primary N) is 1. The Bertz CT molecular complexity index is 1400. The summed E-state index contributed by atoms with van der Waals surface area (Å²) in [7, 11) is 1.66. The van der Waals surface area contributed by atoms with Gasteiger partial charge in [-0.3, -0.25) is 0 Å². The Morgan fingerprint density at radius 2 is 1.94 bits per heavy atom. The minimum Gasteiger partial charge on any atom is -0.497 e. The predicted molar refractivity (Wildman–Crippen MR) is 132 cm³/mol. The van der Waals surface area contributed by atoms with Gasteiger partial charge in [0.2, 0.25) is 5.95 Å². The van der Waals surface area contributed by atoms with Crippen LogP contribution in [0.15, 0.2) is 48.7 Å². The Balaban J connectivity index is 1.79. The standard InChI is InChI=1S/C27H28N4O3/c1-5-34-25(32)17-8-11-21-20(12-17)22-24(31(21)15-16-6-9-19(33-4)10-7-16)23-18(13-27(22,2)3)14-29-26(28)30-23/h6-12,14H,5,13,15H2,1-4H3,(H2,28,29,30). The molecule has 0 radical (unpaired) electrons. The fourth-order valence-corrected chi connectivity index (χ4v) is 5.02. The van der Waals surface area contributed by atoms with Gasteiger partial charge < -0.3 is 19.8 Å². The first kappa shape index (κ1) is 21.9. The van der Waals surface area contributed by atoms with Crippen LogP contribution in [0, 0.1) is 0 Å². The molecule has 0 amide bonds. The van der Waals surface area contributed by atoms with Crippen LogP contribution in [-0.4, -0.2) is 34.2 Å². The van der Waals surface area contributed by atoms with Crippen LogP contribution in [0.2, 0.25) is 0 Å². The highest BCUT2D eigenvalue weighted by Gasteiger charge is 2.37. The number of rotatable bonds is 5. The lowest BCUT2D eigenvalue weighted by Gasteiger charge is -2.32. The average Bonchev–Trinajstić information content (AvgIpc) is 3.15. The first-order chi connectivity index (χ1) is 16.3. The lowest BCUT2D eigenvalue weighted by atomic mass is 9.73. The van der Waals surface area contributed by atoms with Gasteiger partial charge in [-0.25, -0.2) is 14.8 Å². The zero-order valence-corrected chi connectivity index (χ0v) is 19.9. The molecule has 2 N–H and O–H groups in total. The molecule has 5 rings (SSSR count). The quantitative estimate of drug-likeness (QED) is 0.436. The highest BCUT2D eigenvalue weighted by atomic mass is 16.5. The Hall–Kier alpha value is -3.87. The average molecular weight is 457 g/mol. The van der Waals surface area contributed by atoms with Crippen LogP contribution < -0.4 is 10.5 Å². The molecule has 2 aromatic carbocycles. The molecule has 34 heavy (non-hydrogen) atoms. The summed E-state index contributed by atoms with van der Waals surface area (Å²) >= 11 is 0. The first-order valence-electron chi connectivity index (χ1n) is 11.4. The number of hydrogen-bond donors (Lipinski definition) is 1. The maximum atomic E-state index is 12.5. The molecule has 0 atom stereocenters. The normalized spacial score (nSPS) is 13.9. The van der Waals surface area contributed by atoms with E-state index in [1.54, 1.807) is 7.11 Å². The monoisotopic (exact) mass is 456 g/mol. The van der Waals surface area contributed by atoms with E-state index in [0.717, 1.165) is 51.2 Å². The molecule has 2 heterocycles. The van der Waals surface area contributed by atoms with Gasteiger partial charge in [0.25, 0.3) is 0 Å². The maximum Gasteiger partial charge on any atom is 0.338 e. The number of carbonyl (C=O) groups excluding carboxylic acids is 1. The molecule has 1 aliphatic rings. The van der Waals surface area contributed by atoms with Crippen LogP contribution in [0.4, 0.5) is 5.95 Å². The molecule has 1 aliphatic carbocycles. The number of nitrogens with zero attached hydrogens (tertiary/aromatic N) is 3. The van der Waals surface area contributed by atoms with Crippen molar-refractivity contribution >= 4 is 22.8 Å². The van der Waals surface area contributed by atoms with Gasteiger partial charge in [-0.05, 0) is 65.8 Å². The van der Waals surface area contributed by atoms with Crippen molar-refractivity contribution in [3.05, 3.63) is 70.9 Å². The zero-order chi connectivity index (χ0) is 24.0. The lowest BCUT2D eigenvalue weighted by molar-refractivity contribution is 0.0526.